The Morgan fingerprint density at radius 1 is 0.232 bits per heavy atom. The number of anilines is 12. The van der Waals surface area contributed by atoms with Crippen molar-refractivity contribution >= 4 is 135 Å². The molecule has 0 radical (unpaired) electrons. The topological polar surface area (TPSA) is 22.8 Å². The van der Waals surface area contributed by atoms with Gasteiger partial charge in [-0.1, -0.05) is 127 Å². The lowest BCUT2D eigenvalue weighted by Crippen LogP contribution is -2.61. The highest BCUT2D eigenvalue weighted by molar-refractivity contribution is 7.00. The standard InChI is InChI=1S/C88H73BN6/c1-54-30-32-78-86(46-54)94(72-50-68(90(64-38-56(3)34-57(4)39-64)65-40-58(5)35-59(6)41-65)48-70(52-72)92-80-24-15-11-20-74(80)75-21-12-16-25-81(75)92)84-28-19-29-85-88(84)89(78)79-33-31-55(2)47-87(79)95(85)73-51-69(91(66-42-60(7)36-61(8)43-66)67-44-62(9)37-63(10)45-67)49-71(53-73)93-82-26-17-13-22-76(82)77-23-14-18-27-83(77)93/h11-53H,1-10H3. The maximum absolute atomic E-state index is 2.60. The largest absolute Gasteiger partial charge is 0.311 e. The minimum Gasteiger partial charge on any atom is -0.311 e. The van der Waals surface area contributed by atoms with Crippen LogP contribution in [-0.4, -0.2) is 15.8 Å². The minimum atomic E-state index is -0.0936. The summed E-state index contributed by atoms with van der Waals surface area (Å²) in [6.07, 6.45) is 0. The molecule has 0 bridgehead atoms. The van der Waals surface area contributed by atoms with Crippen molar-refractivity contribution in [3.05, 3.63) is 316 Å². The molecule has 4 heterocycles. The summed E-state index contributed by atoms with van der Waals surface area (Å²) in [5, 5.41) is 4.89. The number of hydrogen-bond donors (Lipinski definition) is 0. The number of rotatable bonds is 10. The Morgan fingerprint density at radius 2 is 0.516 bits per heavy atom. The molecule has 13 aromatic carbocycles. The van der Waals surface area contributed by atoms with Crippen molar-refractivity contribution in [3.63, 3.8) is 0 Å². The summed E-state index contributed by atoms with van der Waals surface area (Å²) in [6.45, 7) is 22.1. The van der Waals surface area contributed by atoms with Crippen LogP contribution in [0.2, 0.25) is 0 Å². The first-order valence-electron chi connectivity index (χ1n) is 33.3. The van der Waals surface area contributed by atoms with Crippen LogP contribution >= 0.6 is 0 Å². The molecule has 0 amide bonds. The van der Waals surface area contributed by atoms with Gasteiger partial charge in [-0.15, -0.1) is 0 Å². The summed E-state index contributed by atoms with van der Waals surface area (Å²) in [7, 11) is 0. The fraction of sp³-hybridized carbons (Fsp3) is 0.114. The normalized spacial score (nSPS) is 12.5. The van der Waals surface area contributed by atoms with E-state index in [0.29, 0.717) is 0 Å². The molecule has 0 spiro atoms. The van der Waals surface area contributed by atoms with Crippen LogP contribution in [0.3, 0.4) is 0 Å². The number of para-hydroxylation sites is 4. The van der Waals surface area contributed by atoms with Crippen molar-refractivity contribution in [1.29, 1.82) is 0 Å². The number of hydrogen-bond acceptors (Lipinski definition) is 4. The highest BCUT2D eigenvalue weighted by Crippen LogP contribution is 2.50. The van der Waals surface area contributed by atoms with Crippen LogP contribution < -0.4 is 36.0 Å². The summed E-state index contributed by atoms with van der Waals surface area (Å²) >= 11 is 0. The summed E-state index contributed by atoms with van der Waals surface area (Å²) in [5.41, 5.74) is 36.0. The lowest BCUT2D eigenvalue weighted by atomic mass is 9.33. The van der Waals surface area contributed by atoms with Gasteiger partial charge in [-0.3, -0.25) is 0 Å². The molecule has 0 fully saturated rings. The molecule has 0 N–H and O–H groups in total. The molecule has 6 nitrogen and oxygen atoms in total. The van der Waals surface area contributed by atoms with Crippen molar-refractivity contribution in [1.82, 2.24) is 9.13 Å². The zero-order valence-corrected chi connectivity index (χ0v) is 55.6. The van der Waals surface area contributed by atoms with Crippen LogP contribution in [0.25, 0.3) is 55.0 Å². The summed E-state index contributed by atoms with van der Waals surface area (Å²) in [6, 6.07) is 99.5. The monoisotopic (exact) mass is 1220 g/mol. The number of aryl methyl sites for hydroxylation is 10. The molecule has 0 aliphatic carbocycles. The molecule has 2 aliphatic rings. The molecule has 15 aromatic rings. The van der Waals surface area contributed by atoms with Gasteiger partial charge in [0.2, 0.25) is 0 Å². The Labute approximate surface area is 557 Å². The van der Waals surface area contributed by atoms with E-state index in [9.17, 15) is 0 Å². The van der Waals surface area contributed by atoms with E-state index in [-0.39, 0.29) is 6.71 Å². The third kappa shape index (κ3) is 9.62. The summed E-state index contributed by atoms with van der Waals surface area (Å²) < 4.78 is 4.98. The molecule has 0 saturated heterocycles. The van der Waals surface area contributed by atoms with Crippen LogP contribution in [0, 0.1) is 69.2 Å². The second kappa shape index (κ2) is 22.2. The van der Waals surface area contributed by atoms with Gasteiger partial charge in [0.25, 0.3) is 6.71 Å². The molecule has 2 aliphatic heterocycles. The van der Waals surface area contributed by atoms with Crippen molar-refractivity contribution < 1.29 is 0 Å². The number of benzene rings is 13. The molecular formula is C88H73BN6. The Kier molecular flexibility index (Phi) is 13.5. The van der Waals surface area contributed by atoms with E-state index in [1.165, 1.54) is 105 Å². The van der Waals surface area contributed by atoms with Crippen LogP contribution in [-0.2, 0) is 0 Å². The minimum absolute atomic E-state index is 0.0936. The third-order valence-corrected chi connectivity index (χ3v) is 19.6. The van der Waals surface area contributed by atoms with Gasteiger partial charge in [0.05, 0.1) is 56.2 Å². The van der Waals surface area contributed by atoms with Gasteiger partial charge in [0.1, 0.15) is 0 Å². The average Bonchev–Trinajstić information content (AvgIpc) is 1.41. The van der Waals surface area contributed by atoms with Crippen LogP contribution in [0.1, 0.15) is 55.6 Å². The molecular weight excluding hydrogens is 1150 g/mol. The van der Waals surface area contributed by atoms with Crippen molar-refractivity contribution in [2.45, 2.75) is 69.2 Å². The van der Waals surface area contributed by atoms with Crippen LogP contribution in [0.4, 0.5) is 68.2 Å². The van der Waals surface area contributed by atoms with Gasteiger partial charge < -0.3 is 28.7 Å². The second-order valence-corrected chi connectivity index (χ2v) is 27.1. The highest BCUT2D eigenvalue weighted by Gasteiger charge is 2.44. The fourth-order valence-corrected chi connectivity index (χ4v) is 16.3. The second-order valence-electron chi connectivity index (χ2n) is 27.1. The van der Waals surface area contributed by atoms with E-state index in [1.54, 1.807) is 0 Å². The van der Waals surface area contributed by atoms with E-state index in [4.69, 9.17) is 0 Å². The van der Waals surface area contributed by atoms with E-state index < -0.39 is 0 Å². The maximum Gasteiger partial charge on any atom is 0.252 e. The molecule has 7 heteroatoms. The predicted octanol–water partition coefficient (Wildman–Crippen LogP) is 22.0. The van der Waals surface area contributed by atoms with Gasteiger partial charge in [0, 0.05) is 67.0 Å². The first-order valence-corrected chi connectivity index (χ1v) is 33.3. The zero-order chi connectivity index (χ0) is 64.7. The molecule has 0 atom stereocenters. The highest BCUT2D eigenvalue weighted by atomic mass is 15.2. The van der Waals surface area contributed by atoms with Gasteiger partial charge in [0.15, 0.2) is 0 Å². The van der Waals surface area contributed by atoms with Gasteiger partial charge in [-0.05, 0) is 275 Å². The van der Waals surface area contributed by atoms with E-state index >= 15 is 0 Å². The quantitative estimate of drug-likeness (QED) is 0.127. The van der Waals surface area contributed by atoms with Crippen LogP contribution in [0.15, 0.2) is 261 Å². The molecule has 458 valence electrons. The first-order chi connectivity index (χ1) is 46.2. The van der Waals surface area contributed by atoms with Crippen molar-refractivity contribution in [2.24, 2.45) is 0 Å². The van der Waals surface area contributed by atoms with Crippen LogP contribution in [0.5, 0.6) is 0 Å². The third-order valence-electron chi connectivity index (χ3n) is 19.6. The Balaban J connectivity index is 0.962. The molecule has 17 rings (SSSR count). The summed E-state index contributed by atoms with van der Waals surface area (Å²) in [5.74, 6) is 0. The van der Waals surface area contributed by atoms with E-state index in [0.717, 1.165) is 90.3 Å². The number of nitrogens with zero attached hydrogens (tertiary/aromatic N) is 6. The van der Waals surface area contributed by atoms with Gasteiger partial charge in [-0.2, -0.15) is 0 Å². The van der Waals surface area contributed by atoms with Gasteiger partial charge in [-0.25, -0.2) is 0 Å². The summed E-state index contributed by atoms with van der Waals surface area (Å²) in [4.78, 5) is 10.2. The first kappa shape index (κ1) is 57.6. The fourth-order valence-electron chi connectivity index (χ4n) is 16.3. The maximum atomic E-state index is 2.60. The Bertz CT molecular complexity index is 5050. The predicted molar refractivity (Wildman–Crippen MR) is 406 cm³/mol. The van der Waals surface area contributed by atoms with Crippen molar-refractivity contribution in [2.75, 3.05) is 19.6 Å². The van der Waals surface area contributed by atoms with E-state index in [2.05, 4.69) is 359 Å². The van der Waals surface area contributed by atoms with E-state index in [1.807, 2.05) is 0 Å². The lowest BCUT2D eigenvalue weighted by Gasteiger charge is -2.44. The van der Waals surface area contributed by atoms with Gasteiger partial charge >= 0.3 is 0 Å². The SMILES string of the molecule is Cc1cc(C)cc(N(c2cc(C)cc(C)c2)c2cc(N3c4cc(C)ccc4B4c5ccc(C)cc5N(c5cc(N(c6cc(C)cc(C)c6)c6cc(C)cc(C)c6)cc(-n6c7ccccc7c7ccccc76)c5)c5cccc3c54)cc(-n3c4ccccc4c4ccccc43)c2)c1. The number of fused-ring (bicyclic) bond motifs is 10. The molecule has 2 aromatic heterocycles. The lowest BCUT2D eigenvalue weighted by molar-refractivity contribution is 1.15. The molecule has 95 heavy (non-hydrogen) atoms. The number of aromatic nitrogens is 2. The Hall–Kier alpha value is -11.3. The molecule has 0 saturated carbocycles. The molecule has 0 unspecified atom stereocenters. The Morgan fingerprint density at radius 3 is 0.832 bits per heavy atom. The smallest absolute Gasteiger partial charge is 0.252 e. The zero-order valence-electron chi connectivity index (χ0n) is 55.6. The average molecular weight is 1230 g/mol. The van der Waals surface area contributed by atoms with Crippen molar-refractivity contribution in [3.8, 4) is 11.4 Å².